The van der Waals surface area contributed by atoms with Crippen molar-refractivity contribution in [3.63, 3.8) is 0 Å². The van der Waals surface area contributed by atoms with Crippen LogP contribution < -0.4 is 4.74 Å². The lowest BCUT2D eigenvalue weighted by Crippen LogP contribution is -2.10. The van der Waals surface area contributed by atoms with E-state index in [4.69, 9.17) is 21.1 Å². The molecule has 0 aliphatic heterocycles. The van der Waals surface area contributed by atoms with Crippen molar-refractivity contribution in [2.75, 3.05) is 13.2 Å². The number of halogens is 2. The van der Waals surface area contributed by atoms with Gasteiger partial charge in [0.25, 0.3) is 0 Å². The van der Waals surface area contributed by atoms with Crippen LogP contribution >= 0.6 is 11.6 Å². The molecule has 0 bridgehead atoms. The molecule has 0 aliphatic rings. The Morgan fingerprint density at radius 1 is 1.15 bits per heavy atom. The van der Waals surface area contributed by atoms with Crippen LogP contribution in [0.4, 0.5) is 4.39 Å². The number of rotatable bonds is 7. The maximum atomic E-state index is 12.9. The summed E-state index contributed by atoms with van der Waals surface area (Å²) in [5.41, 5.74) is 0.803. The van der Waals surface area contributed by atoms with Crippen LogP contribution in [-0.4, -0.2) is 38.9 Å². The molecule has 9 heteroatoms. The Bertz CT molecular complexity index is 886. The average molecular weight is 377 g/mol. The molecule has 1 aromatic carbocycles. The van der Waals surface area contributed by atoms with Gasteiger partial charge in [-0.2, -0.15) is 10.1 Å². The van der Waals surface area contributed by atoms with E-state index in [-0.39, 0.29) is 23.3 Å². The molecule has 0 unspecified atom stereocenters. The minimum atomic E-state index is -0.548. The summed E-state index contributed by atoms with van der Waals surface area (Å²) in [5.74, 6) is -0.582. The highest BCUT2D eigenvalue weighted by Gasteiger charge is 2.11. The average Bonchev–Trinajstić information content (AvgIpc) is 3.12. The first-order chi connectivity index (χ1) is 12.6. The van der Waals surface area contributed by atoms with Crippen molar-refractivity contribution in [2.45, 2.75) is 6.42 Å². The molecular formula is C17H14ClFN4O3. The van der Waals surface area contributed by atoms with Crippen LogP contribution in [0.25, 0.3) is 5.69 Å². The Hall–Kier alpha value is -3.00. The van der Waals surface area contributed by atoms with E-state index in [0.717, 1.165) is 0 Å². The summed E-state index contributed by atoms with van der Waals surface area (Å²) in [6.45, 7) is 0.461. The summed E-state index contributed by atoms with van der Waals surface area (Å²) in [6.07, 6.45) is 4.92. The number of nitrogens with zero attached hydrogens (tertiary/aromatic N) is 4. The first-order valence-electron chi connectivity index (χ1n) is 7.71. The van der Waals surface area contributed by atoms with E-state index in [2.05, 4.69) is 15.1 Å². The fourth-order valence-electron chi connectivity index (χ4n) is 2.04. The number of hydrogen-bond donors (Lipinski definition) is 0. The molecule has 3 rings (SSSR count). The fraction of sp³-hybridized carbons (Fsp3) is 0.176. The standard InChI is InChI=1S/C17H14ClFN4O3/c18-15-10-20-11-16(21-15)25-8-1-9-26-17(24)14-6-7-23(22-14)13-4-2-12(19)3-5-13/h2-7,10-11H,1,8-9H2. The molecule has 3 aromatic rings. The molecule has 0 spiro atoms. The molecule has 0 N–H and O–H groups in total. The lowest BCUT2D eigenvalue weighted by Gasteiger charge is -2.05. The van der Waals surface area contributed by atoms with Gasteiger partial charge in [0.2, 0.25) is 5.88 Å². The van der Waals surface area contributed by atoms with Crippen molar-refractivity contribution in [3.05, 3.63) is 65.6 Å². The highest BCUT2D eigenvalue weighted by atomic mass is 35.5. The zero-order valence-corrected chi connectivity index (χ0v) is 14.3. The zero-order valence-electron chi connectivity index (χ0n) is 13.5. The number of esters is 1. The first kappa shape index (κ1) is 17.8. The fourth-order valence-corrected chi connectivity index (χ4v) is 2.18. The van der Waals surface area contributed by atoms with Crippen LogP contribution in [0.3, 0.4) is 0 Å². The van der Waals surface area contributed by atoms with Crippen molar-refractivity contribution in [1.29, 1.82) is 0 Å². The third kappa shape index (κ3) is 4.76. The van der Waals surface area contributed by atoms with Gasteiger partial charge in [-0.05, 0) is 30.3 Å². The third-order valence-corrected chi connectivity index (χ3v) is 3.43. The van der Waals surface area contributed by atoms with Gasteiger partial charge >= 0.3 is 5.97 Å². The van der Waals surface area contributed by atoms with Crippen molar-refractivity contribution in [2.24, 2.45) is 0 Å². The Kier molecular flexibility index (Phi) is 5.75. The molecule has 0 radical (unpaired) electrons. The van der Waals surface area contributed by atoms with Gasteiger partial charge in [-0.3, -0.25) is 4.98 Å². The summed E-state index contributed by atoms with van der Waals surface area (Å²) >= 11 is 5.70. The number of hydrogen-bond acceptors (Lipinski definition) is 6. The van der Waals surface area contributed by atoms with Crippen LogP contribution in [0.2, 0.25) is 5.15 Å². The maximum Gasteiger partial charge on any atom is 0.358 e. The molecule has 0 saturated heterocycles. The Labute approximate surface area is 153 Å². The summed E-state index contributed by atoms with van der Waals surface area (Å²) in [7, 11) is 0. The SMILES string of the molecule is O=C(OCCCOc1cncc(Cl)n1)c1ccn(-c2ccc(F)cc2)n1. The largest absolute Gasteiger partial charge is 0.476 e. The molecule has 0 atom stereocenters. The molecule has 0 saturated carbocycles. The van der Waals surface area contributed by atoms with Gasteiger partial charge in [0.15, 0.2) is 10.8 Å². The van der Waals surface area contributed by atoms with Crippen molar-refractivity contribution < 1.29 is 18.7 Å². The number of aromatic nitrogens is 4. The van der Waals surface area contributed by atoms with Gasteiger partial charge in [-0.1, -0.05) is 11.6 Å². The van der Waals surface area contributed by atoms with Crippen LogP contribution in [-0.2, 0) is 4.74 Å². The second kappa shape index (κ2) is 8.39. The number of benzene rings is 1. The van der Waals surface area contributed by atoms with E-state index in [1.165, 1.54) is 35.3 Å². The van der Waals surface area contributed by atoms with Crippen LogP contribution in [0.1, 0.15) is 16.9 Å². The Morgan fingerprint density at radius 2 is 1.96 bits per heavy atom. The summed E-state index contributed by atoms with van der Waals surface area (Å²) < 4.78 is 24.9. The molecule has 2 heterocycles. The predicted molar refractivity (Wildman–Crippen MR) is 91.0 cm³/mol. The minimum Gasteiger partial charge on any atom is -0.476 e. The smallest absolute Gasteiger partial charge is 0.358 e. The van der Waals surface area contributed by atoms with E-state index < -0.39 is 5.97 Å². The van der Waals surface area contributed by atoms with Crippen LogP contribution in [0, 0.1) is 5.82 Å². The van der Waals surface area contributed by atoms with Crippen LogP contribution in [0.15, 0.2) is 48.9 Å². The van der Waals surface area contributed by atoms with Gasteiger partial charge < -0.3 is 9.47 Å². The van der Waals surface area contributed by atoms with Crippen LogP contribution in [0.5, 0.6) is 5.88 Å². The van der Waals surface area contributed by atoms with Crippen molar-refractivity contribution in [3.8, 4) is 11.6 Å². The minimum absolute atomic E-state index is 0.163. The monoisotopic (exact) mass is 376 g/mol. The second-order valence-corrected chi connectivity index (χ2v) is 5.53. The molecule has 26 heavy (non-hydrogen) atoms. The van der Waals surface area contributed by atoms with E-state index in [0.29, 0.717) is 24.6 Å². The highest BCUT2D eigenvalue weighted by molar-refractivity contribution is 6.29. The molecule has 134 valence electrons. The van der Waals surface area contributed by atoms with Crippen molar-refractivity contribution >= 4 is 17.6 Å². The number of carbonyl (C=O) groups excluding carboxylic acids is 1. The van der Waals surface area contributed by atoms with Gasteiger partial charge in [0, 0.05) is 12.6 Å². The van der Waals surface area contributed by atoms with Gasteiger partial charge in [-0.25, -0.2) is 13.9 Å². The molecule has 0 amide bonds. The summed E-state index contributed by atoms with van der Waals surface area (Å²) in [6, 6.07) is 7.30. The van der Waals surface area contributed by atoms with E-state index in [1.807, 2.05) is 0 Å². The molecule has 0 aliphatic carbocycles. The zero-order chi connectivity index (χ0) is 18.4. The van der Waals surface area contributed by atoms with Gasteiger partial charge in [0.05, 0.1) is 31.3 Å². The van der Waals surface area contributed by atoms with Crippen molar-refractivity contribution in [1.82, 2.24) is 19.7 Å². The third-order valence-electron chi connectivity index (χ3n) is 3.24. The van der Waals surface area contributed by atoms with Gasteiger partial charge in [0.1, 0.15) is 5.82 Å². The number of carbonyl (C=O) groups is 1. The maximum absolute atomic E-state index is 12.9. The molecular weight excluding hydrogens is 363 g/mol. The lowest BCUT2D eigenvalue weighted by molar-refractivity contribution is 0.0478. The van der Waals surface area contributed by atoms with Gasteiger partial charge in [-0.15, -0.1) is 0 Å². The normalized spacial score (nSPS) is 10.5. The predicted octanol–water partition coefficient (Wildman–Crippen LogP) is 3.08. The molecule has 2 aromatic heterocycles. The number of ether oxygens (including phenoxy) is 2. The molecule has 0 fully saturated rings. The topological polar surface area (TPSA) is 79.1 Å². The quantitative estimate of drug-likeness (QED) is 0.465. The van der Waals surface area contributed by atoms with E-state index in [1.54, 1.807) is 18.3 Å². The van der Waals surface area contributed by atoms with E-state index in [9.17, 15) is 9.18 Å². The lowest BCUT2D eigenvalue weighted by atomic mass is 10.3. The summed E-state index contributed by atoms with van der Waals surface area (Å²) in [5, 5.41) is 4.36. The highest BCUT2D eigenvalue weighted by Crippen LogP contribution is 2.11. The first-order valence-corrected chi connectivity index (χ1v) is 8.09. The summed E-state index contributed by atoms with van der Waals surface area (Å²) in [4.78, 5) is 19.8. The van der Waals surface area contributed by atoms with E-state index >= 15 is 0 Å². The second-order valence-electron chi connectivity index (χ2n) is 5.14. The Morgan fingerprint density at radius 3 is 2.73 bits per heavy atom. The Balaban J connectivity index is 1.44. The molecule has 7 nitrogen and oxygen atoms in total.